The lowest BCUT2D eigenvalue weighted by Crippen LogP contribution is -2.29. The molecular formula is C31H32N6O4. The molecule has 2 aliphatic rings. The zero-order valence-electron chi connectivity index (χ0n) is 23.2. The molecule has 41 heavy (non-hydrogen) atoms. The Kier molecular flexibility index (Phi) is 7.37. The molecule has 2 aromatic carbocycles. The molecule has 6 rings (SSSR count). The van der Waals surface area contributed by atoms with Gasteiger partial charge in [-0.25, -0.2) is 15.0 Å². The summed E-state index contributed by atoms with van der Waals surface area (Å²) in [6.07, 6.45) is 8.48. The number of fused-ring (bicyclic) bond motifs is 8. The fraction of sp³-hybridized carbons (Fsp3) is 0.323. The number of ether oxygens (including phenoxy) is 2. The molecule has 0 spiro atoms. The SMILES string of the molecule is COc1ccc2cc1OCC(=O)NCc1cc(C(=O)NCCc3nc(C)c4c(n3)CCCC4)cc(c1)-n1ccnc1-2. The van der Waals surface area contributed by atoms with Crippen molar-refractivity contribution in [3.63, 3.8) is 0 Å². The molecule has 4 bridgehead atoms. The van der Waals surface area contributed by atoms with Crippen LogP contribution in [-0.2, 0) is 30.6 Å². The first-order valence-corrected chi connectivity index (χ1v) is 13.9. The standard InChI is InChI=1S/C31H32N6O4/c1-19-24-5-3-4-6-25(24)36-28(35-19)9-10-33-31(39)22-13-20-14-23(15-22)37-12-11-32-30(37)21-7-8-26(40-2)27(16-21)41-18-29(38)34-17-20/h7-8,11-16H,3-6,9-10,17-18H2,1-2H3,(H,33,39)(H,34,38). The Hall–Kier alpha value is -4.73. The topological polar surface area (TPSA) is 120 Å². The summed E-state index contributed by atoms with van der Waals surface area (Å²) >= 11 is 0. The lowest BCUT2D eigenvalue weighted by Gasteiger charge is -2.17. The summed E-state index contributed by atoms with van der Waals surface area (Å²) in [5, 5.41) is 5.90. The number of amides is 2. The van der Waals surface area contributed by atoms with E-state index in [4.69, 9.17) is 14.5 Å². The Labute approximate surface area is 238 Å². The van der Waals surface area contributed by atoms with Gasteiger partial charge in [-0.1, -0.05) is 0 Å². The number of aryl methyl sites for hydroxylation is 2. The van der Waals surface area contributed by atoms with Crippen molar-refractivity contribution in [2.75, 3.05) is 20.3 Å². The first-order valence-electron chi connectivity index (χ1n) is 13.9. The lowest BCUT2D eigenvalue weighted by molar-refractivity contribution is -0.123. The number of hydrogen-bond donors (Lipinski definition) is 2. The van der Waals surface area contributed by atoms with Crippen LogP contribution in [0.4, 0.5) is 0 Å². The summed E-state index contributed by atoms with van der Waals surface area (Å²) in [4.78, 5) is 39.9. The van der Waals surface area contributed by atoms with Crippen molar-refractivity contribution in [1.82, 2.24) is 30.2 Å². The Morgan fingerprint density at radius 2 is 2.02 bits per heavy atom. The molecule has 2 N–H and O–H groups in total. The molecule has 2 aromatic heterocycles. The van der Waals surface area contributed by atoms with Gasteiger partial charge in [-0.3, -0.25) is 14.2 Å². The van der Waals surface area contributed by atoms with Gasteiger partial charge < -0.3 is 20.1 Å². The second kappa shape index (κ2) is 11.4. The highest BCUT2D eigenvalue weighted by molar-refractivity contribution is 5.95. The summed E-state index contributed by atoms with van der Waals surface area (Å²) in [6.45, 7) is 2.52. The van der Waals surface area contributed by atoms with Crippen LogP contribution < -0.4 is 20.1 Å². The molecule has 0 radical (unpaired) electrons. The van der Waals surface area contributed by atoms with Crippen molar-refractivity contribution in [1.29, 1.82) is 0 Å². The van der Waals surface area contributed by atoms with Gasteiger partial charge in [0.2, 0.25) is 0 Å². The van der Waals surface area contributed by atoms with Gasteiger partial charge in [0, 0.05) is 60.1 Å². The van der Waals surface area contributed by atoms with Crippen LogP contribution in [0.25, 0.3) is 17.1 Å². The second-order valence-electron chi connectivity index (χ2n) is 10.3. The van der Waals surface area contributed by atoms with Gasteiger partial charge in [-0.05, 0) is 80.1 Å². The number of nitrogens with zero attached hydrogens (tertiary/aromatic N) is 4. The number of carbonyl (C=O) groups excluding carboxylic acids is 2. The van der Waals surface area contributed by atoms with Gasteiger partial charge in [0.05, 0.1) is 7.11 Å². The highest BCUT2D eigenvalue weighted by atomic mass is 16.5. The largest absolute Gasteiger partial charge is 0.493 e. The Bertz CT molecular complexity index is 1630. The molecule has 3 heterocycles. The minimum Gasteiger partial charge on any atom is -0.493 e. The smallest absolute Gasteiger partial charge is 0.258 e. The zero-order valence-corrected chi connectivity index (χ0v) is 23.2. The lowest BCUT2D eigenvalue weighted by atomic mass is 9.95. The fourth-order valence-corrected chi connectivity index (χ4v) is 5.44. The highest BCUT2D eigenvalue weighted by Crippen LogP contribution is 2.33. The van der Waals surface area contributed by atoms with Gasteiger partial charge >= 0.3 is 0 Å². The van der Waals surface area contributed by atoms with Crippen molar-refractivity contribution in [2.45, 2.75) is 45.6 Å². The van der Waals surface area contributed by atoms with Crippen LogP contribution >= 0.6 is 0 Å². The maximum Gasteiger partial charge on any atom is 0.258 e. The van der Waals surface area contributed by atoms with Gasteiger partial charge in [-0.15, -0.1) is 0 Å². The van der Waals surface area contributed by atoms with E-state index in [1.807, 2.05) is 35.9 Å². The summed E-state index contributed by atoms with van der Waals surface area (Å²) in [5.41, 5.74) is 6.27. The second-order valence-corrected chi connectivity index (χ2v) is 10.3. The molecule has 4 aromatic rings. The van der Waals surface area contributed by atoms with E-state index in [1.165, 1.54) is 12.0 Å². The van der Waals surface area contributed by atoms with E-state index < -0.39 is 0 Å². The molecule has 1 aliphatic carbocycles. The van der Waals surface area contributed by atoms with Crippen LogP contribution in [0, 0.1) is 6.92 Å². The normalized spacial score (nSPS) is 14.2. The number of carbonyl (C=O) groups is 2. The number of methoxy groups -OCH3 is 1. The van der Waals surface area contributed by atoms with Crippen LogP contribution in [0.2, 0.25) is 0 Å². The number of imidazole rings is 1. The maximum absolute atomic E-state index is 13.3. The molecule has 0 unspecified atom stereocenters. The number of aromatic nitrogens is 4. The van der Waals surface area contributed by atoms with Crippen LogP contribution in [-0.4, -0.2) is 51.6 Å². The van der Waals surface area contributed by atoms with Crippen molar-refractivity contribution in [2.24, 2.45) is 0 Å². The molecule has 0 saturated heterocycles. The van der Waals surface area contributed by atoms with E-state index in [0.717, 1.165) is 53.3 Å². The van der Waals surface area contributed by atoms with E-state index in [-0.39, 0.29) is 25.0 Å². The maximum atomic E-state index is 13.3. The summed E-state index contributed by atoms with van der Waals surface area (Å²) in [5.74, 6) is 1.89. The first-order chi connectivity index (χ1) is 20.0. The van der Waals surface area contributed by atoms with Crippen molar-refractivity contribution in [3.05, 3.63) is 82.7 Å². The van der Waals surface area contributed by atoms with E-state index in [1.54, 1.807) is 31.5 Å². The molecule has 1 aliphatic heterocycles. The Morgan fingerprint density at radius 3 is 2.90 bits per heavy atom. The minimum atomic E-state index is -0.286. The third kappa shape index (κ3) is 5.63. The van der Waals surface area contributed by atoms with E-state index in [9.17, 15) is 9.59 Å². The molecule has 0 saturated carbocycles. The molecule has 0 atom stereocenters. The van der Waals surface area contributed by atoms with Gasteiger partial charge in [0.15, 0.2) is 18.1 Å². The third-order valence-corrected chi connectivity index (χ3v) is 7.50. The van der Waals surface area contributed by atoms with E-state index in [2.05, 4.69) is 20.6 Å². The van der Waals surface area contributed by atoms with Gasteiger partial charge in [-0.2, -0.15) is 0 Å². The third-order valence-electron chi connectivity index (χ3n) is 7.50. The number of nitrogens with one attached hydrogen (secondary N) is 2. The van der Waals surface area contributed by atoms with Gasteiger partial charge in [0.25, 0.3) is 11.8 Å². The molecule has 2 amide bonds. The van der Waals surface area contributed by atoms with E-state index in [0.29, 0.717) is 35.9 Å². The van der Waals surface area contributed by atoms with Crippen LogP contribution in [0.3, 0.4) is 0 Å². The fourth-order valence-electron chi connectivity index (χ4n) is 5.44. The monoisotopic (exact) mass is 552 g/mol. The first kappa shape index (κ1) is 26.5. The summed E-state index contributed by atoms with van der Waals surface area (Å²) < 4.78 is 13.1. The molecule has 10 heteroatoms. The van der Waals surface area contributed by atoms with Crippen LogP contribution in [0.5, 0.6) is 11.5 Å². The predicted octanol–water partition coefficient (Wildman–Crippen LogP) is 3.51. The quantitative estimate of drug-likeness (QED) is 0.389. The summed E-state index contributed by atoms with van der Waals surface area (Å²) in [6, 6.07) is 11.0. The Morgan fingerprint density at radius 1 is 1.15 bits per heavy atom. The van der Waals surface area contributed by atoms with Crippen molar-refractivity contribution >= 4 is 11.8 Å². The van der Waals surface area contributed by atoms with Crippen molar-refractivity contribution in [3.8, 4) is 28.6 Å². The number of rotatable bonds is 5. The van der Waals surface area contributed by atoms with Crippen LogP contribution in [0.15, 0.2) is 48.8 Å². The summed E-state index contributed by atoms with van der Waals surface area (Å²) in [7, 11) is 1.55. The number of benzene rings is 2. The van der Waals surface area contributed by atoms with Gasteiger partial charge in [0.1, 0.15) is 11.6 Å². The molecule has 0 fully saturated rings. The highest BCUT2D eigenvalue weighted by Gasteiger charge is 2.18. The average molecular weight is 553 g/mol. The van der Waals surface area contributed by atoms with E-state index >= 15 is 0 Å². The average Bonchev–Trinajstić information content (AvgIpc) is 3.48. The van der Waals surface area contributed by atoms with Crippen molar-refractivity contribution < 1.29 is 19.1 Å². The predicted molar refractivity (Wildman–Crippen MR) is 152 cm³/mol. The zero-order chi connectivity index (χ0) is 28.3. The number of hydrogen-bond acceptors (Lipinski definition) is 7. The Balaban J connectivity index is 1.27. The molecular weight excluding hydrogens is 520 g/mol. The van der Waals surface area contributed by atoms with Crippen LogP contribution in [0.1, 0.15) is 51.5 Å². The molecule has 10 nitrogen and oxygen atoms in total. The molecule has 210 valence electrons. The minimum absolute atomic E-state index is 0.175.